The molecule has 0 aliphatic rings. The van der Waals surface area contributed by atoms with Gasteiger partial charge < -0.3 is 15.2 Å². The molecule has 3 nitrogen and oxygen atoms in total. The van der Waals surface area contributed by atoms with Crippen LogP contribution in [0, 0.1) is 0 Å². The molecule has 0 spiro atoms. The van der Waals surface area contributed by atoms with E-state index >= 15 is 0 Å². The highest BCUT2D eigenvalue weighted by molar-refractivity contribution is 9.10. The van der Waals surface area contributed by atoms with Crippen LogP contribution in [0.5, 0.6) is 11.5 Å². The third-order valence-electron chi connectivity index (χ3n) is 2.20. The molecule has 0 amide bonds. The van der Waals surface area contributed by atoms with Crippen molar-refractivity contribution in [2.75, 3.05) is 20.8 Å². The van der Waals surface area contributed by atoms with Crippen LogP contribution in [0.15, 0.2) is 16.6 Å². The number of hydrogen-bond donors (Lipinski definition) is 1. The van der Waals surface area contributed by atoms with Crippen molar-refractivity contribution in [2.24, 2.45) is 5.73 Å². The molecule has 0 saturated heterocycles. The summed E-state index contributed by atoms with van der Waals surface area (Å²) in [6.07, 6.45) is 1.91. The molecule has 0 aliphatic carbocycles. The van der Waals surface area contributed by atoms with Crippen molar-refractivity contribution in [2.45, 2.75) is 12.8 Å². The first kappa shape index (κ1) is 12.3. The number of rotatable bonds is 5. The van der Waals surface area contributed by atoms with E-state index in [4.69, 9.17) is 15.2 Å². The minimum absolute atomic E-state index is 0.695. The zero-order valence-electron chi connectivity index (χ0n) is 9.05. The standard InChI is InChI=1S/C11H16BrNO2/c1-14-10-6-8(4-3-5-13)9(12)7-11(10)15-2/h6-7H,3-5,13H2,1-2H3. The van der Waals surface area contributed by atoms with Crippen LogP contribution in [0.1, 0.15) is 12.0 Å². The van der Waals surface area contributed by atoms with E-state index in [1.54, 1.807) is 14.2 Å². The Morgan fingerprint density at radius 2 is 1.80 bits per heavy atom. The second kappa shape index (κ2) is 5.98. The summed E-state index contributed by atoms with van der Waals surface area (Å²) in [5, 5.41) is 0. The number of nitrogens with two attached hydrogens (primary N) is 1. The van der Waals surface area contributed by atoms with Gasteiger partial charge in [0, 0.05) is 4.47 Å². The summed E-state index contributed by atoms with van der Waals surface area (Å²) in [5.41, 5.74) is 6.67. The fourth-order valence-electron chi connectivity index (χ4n) is 1.38. The molecular weight excluding hydrogens is 258 g/mol. The summed E-state index contributed by atoms with van der Waals surface area (Å²) >= 11 is 3.51. The lowest BCUT2D eigenvalue weighted by atomic mass is 10.1. The Balaban J connectivity index is 2.97. The molecule has 2 N–H and O–H groups in total. The Morgan fingerprint density at radius 1 is 1.20 bits per heavy atom. The van der Waals surface area contributed by atoms with E-state index in [0.29, 0.717) is 6.54 Å². The van der Waals surface area contributed by atoms with Gasteiger partial charge >= 0.3 is 0 Å². The minimum Gasteiger partial charge on any atom is -0.493 e. The van der Waals surface area contributed by atoms with Gasteiger partial charge in [-0.3, -0.25) is 0 Å². The highest BCUT2D eigenvalue weighted by Gasteiger charge is 2.08. The van der Waals surface area contributed by atoms with Gasteiger partial charge in [0.2, 0.25) is 0 Å². The molecule has 0 fully saturated rings. The number of ether oxygens (including phenoxy) is 2. The summed E-state index contributed by atoms with van der Waals surface area (Å²) in [5.74, 6) is 1.49. The summed E-state index contributed by atoms with van der Waals surface area (Å²) in [4.78, 5) is 0. The lowest BCUT2D eigenvalue weighted by molar-refractivity contribution is 0.354. The van der Waals surface area contributed by atoms with Crippen molar-refractivity contribution in [3.63, 3.8) is 0 Å². The van der Waals surface area contributed by atoms with E-state index in [1.165, 1.54) is 5.56 Å². The molecule has 15 heavy (non-hydrogen) atoms. The van der Waals surface area contributed by atoms with Gasteiger partial charge in [-0.25, -0.2) is 0 Å². The van der Waals surface area contributed by atoms with Gasteiger partial charge in [-0.05, 0) is 37.1 Å². The van der Waals surface area contributed by atoms with Crippen molar-refractivity contribution in [1.82, 2.24) is 0 Å². The van der Waals surface area contributed by atoms with Crippen LogP contribution in [0.3, 0.4) is 0 Å². The number of halogens is 1. The van der Waals surface area contributed by atoms with Crippen LogP contribution in [-0.2, 0) is 6.42 Å². The van der Waals surface area contributed by atoms with Gasteiger partial charge in [0.1, 0.15) is 0 Å². The highest BCUT2D eigenvalue weighted by Crippen LogP contribution is 2.33. The minimum atomic E-state index is 0.695. The van der Waals surface area contributed by atoms with E-state index in [0.717, 1.165) is 28.8 Å². The Hall–Kier alpha value is -0.740. The third-order valence-corrected chi connectivity index (χ3v) is 2.94. The molecule has 0 saturated carbocycles. The lowest BCUT2D eigenvalue weighted by Gasteiger charge is -2.11. The maximum atomic E-state index is 5.48. The molecule has 0 atom stereocenters. The molecule has 0 radical (unpaired) electrons. The van der Waals surface area contributed by atoms with Gasteiger partial charge in [0.25, 0.3) is 0 Å². The SMILES string of the molecule is COc1cc(Br)c(CCCN)cc1OC. The number of methoxy groups -OCH3 is 2. The maximum absolute atomic E-state index is 5.48. The van der Waals surface area contributed by atoms with Crippen molar-refractivity contribution in [3.05, 3.63) is 22.2 Å². The van der Waals surface area contributed by atoms with Crippen LogP contribution in [0.2, 0.25) is 0 Å². The lowest BCUT2D eigenvalue weighted by Crippen LogP contribution is -2.01. The molecule has 0 aliphatic heterocycles. The van der Waals surface area contributed by atoms with Crippen molar-refractivity contribution >= 4 is 15.9 Å². The van der Waals surface area contributed by atoms with Crippen molar-refractivity contribution in [1.29, 1.82) is 0 Å². The highest BCUT2D eigenvalue weighted by atomic mass is 79.9. The zero-order chi connectivity index (χ0) is 11.3. The topological polar surface area (TPSA) is 44.5 Å². The van der Waals surface area contributed by atoms with E-state index < -0.39 is 0 Å². The molecule has 0 heterocycles. The fraction of sp³-hybridized carbons (Fsp3) is 0.455. The first-order valence-electron chi connectivity index (χ1n) is 4.83. The third kappa shape index (κ3) is 3.11. The number of benzene rings is 1. The number of aryl methyl sites for hydroxylation is 1. The van der Waals surface area contributed by atoms with Gasteiger partial charge in [-0.1, -0.05) is 15.9 Å². The summed E-state index contributed by atoms with van der Waals surface area (Å²) in [7, 11) is 3.27. The molecule has 0 unspecified atom stereocenters. The van der Waals surface area contributed by atoms with Crippen molar-refractivity contribution < 1.29 is 9.47 Å². The predicted octanol–water partition coefficient (Wildman–Crippen LogP) is 2.36. The van der Waals surface area contributed by atoms with E-state index in [2.05, 4.69) is 15.9 Å². The normalized spacial score (nSPS) is 10.1. The zero-order valence-corrected chi connectivity index (χ0v) is 10.6. The van der Waals surface area contributed by atoms with E-state index in [-0.39, 0.29) is 0 Å². The van der Waals surface area contributed by atoms with Crippen LogP contribution >= 0.6 is 15.9 Å². The van der Waals surface area contributed by atoms with Crippen LogP contribution in [0.25, 0.3) is 0 Å². The first-order valence-corrected chi connectivity index (χ1v) is 5.62. The molecule has 0 bridgehead atoms. The predicted molar refractivity (Wildman–Crippen MR) is 64.6 cm³/mol. The van der Waals surface area contributed by atoms with Crippen molar-refractivity contribution in [3.8, 4) is 11.5 Å². The molecule has 84 valence electrons. The number of hydrogen-bond acceptors (Lipinski definition) is 3. The summed E-state index contributed by atoms with van der Waals surface area (Å²) in [6, 6.07) is 3.91. The Bertz CT molecular complexity index is 329. The second-order valence-corrected chi connectivity index (χ2v) is 4.05. The molecule has 1 aromatic rings. The second-order valence-electron chi connectivity index (χ2n) is 3.19. The summed E-state index contributed by atoms with van der Waals surface area (Å²) < 4.78 is 11.5. The molecule has 0 aromatic heterocycles. The van der Waals surface area contributed by atoms with Gasteiger partial charge in [0.15, 0.2) is 11.5 Å². The fourth-order valence-corrected chi connectivity index (χ4v) is 1.90. The summed E-state index contributed by atoms with van der Waals surface area (Å²) in [6.45, 7) is 0.695. The Morgan fingerprint density at radius 3 is 2.33 bits per heavy atom. The van der Waals surface area contributed by atoms with Crippen LogP contribution < -0.4 is 15.2 Å². The smallest absolute Gasteiger partial charge is 0.161 e. The molecule has 4 heteroatoms. The van der Waals surface area contributed by atoms with Crippen LogP contribution in [-0.4, -0.2) is 20.8 Å². The Kier molecular flexibility index (Phi) is 4.91. The Labute approximate surface area is 98.7 Å². The maximum Gasteiger partial charge on any atom is 0.161 e. The quantitative estimate of drug-likeness (QED) is 0.896. The molecule has 1 aromatic carbocycles. The van der Waals surface area contributed by atoms with Crippen LogP contribution in [0.4, 0.5) is 0 Å². The van der Waals surface area contributed by atoms with E-state index in [1.807, 2.05) is 12.1 Å². The molecular formula is C11H16BrNO2. The average Bonchev–Trinajstić information content (AvgIpc) is 2.27. The van der Waals surface area contributed by atoms with Gasteiger partial charge in [-0.2, -0.15) is 0 Å². The average molecular weight is 274 g/mol. The largest absolute Gasteiger partial charge is 0.493 e. The monoisotopic (exact) mass is 273 g/mol. The van der Waals surface area contributed by atoms with Gasteiger partial charge in [-0.15, -0.1) is 0 Å². The molecule has 1 rings (SSSR count). The van der Waals surface area contributed by atoms with E-state index in [9.17, 15) is 0 Å². The first-order chi connectivity index (χ1) is 7.22. The van der Waals surface area contributed by atoms with Gasteiger partial charge in [0.05, 0.1) is 14.2 Å².